The van der Waals surface area contributed by atoms with Crippen LogP contribution in [0.5, 0.6) is 0 Å². The highest BCUT2D eigenvalue weighted by Crippen LogP contribution is 2.13. The number of pyridine rings is 1. The fraction of sp³-hybridized carbons (Fsp3) is 0.385. The zero-order valence-corrected chi connectivity index (χ0v) is 10.6. The van der Waals surface area contributed by atoms with Crippen LogP contribution >= 0.6 is 0 Å². The van der Waals surface area contributed by atoms with E-state index in [4.69, 9.17) is 5.73 Å². The number of aryl methyl sites for hydroxylation is 2. The van der Waals surface area contributed by atoms with E-state index < -0.39 is 0 Å². The molecule has 0 fully saturated rings. The average molecular weight is 230 g/mol. The Hall–Kier alpha value is -1.68. The van der Waals surface area contributed by atoms with Crippen LogP contribution in [0.4, 0.5) is 0 Å². The highest BCUT2D eigenvalue weighted by molar-refractivity contribution is 5.24. The standard InChI is InChI=1S/C13H18N4/c1-9-5-4-6-12(15-9)8-17-11(3)13(7-14)10(2)16-17/h4-6H,7-8,14H2,1-3H3. The second-order valence-electron chi connectivity index (χ2n) is 4.28. The summed E-state index contributed by atoms with van der Waals surface area (Å²) < 4.78 is 1.97. The van der Waals surface area contributed by atoms with Gasteiger partial charge >= 0.3 is 0 Å². The van der Waals surface area contributed by atoms with Crippen LogP contribution in [-0.4, -0.2) is 14.8 Å². The van der Waals surface area contributed by atoms with Crippen molar-refractivity contribution in [2.24, 2.45) is 5.73 Å². The number of nitrogens with two attached hydrogens (primary N) is 1. The van der Waals surface area contributed by atoms with Crippen LogP contribution in [0, 0.1) is 20.8 Å². The van der Waals surface area contributed by atoms with Crippen LogP contribution in [0.1, 0.15) is 28.3 Å². The molecule has 2 N–H and O–H groups in total. The molecule has 2 rings (SSSR count). The Balaban J connectivity index is 2.30. The maximum Gasteiger partial charge on any atom is 0.0834 e. The van der Waals surface area contributed by atoms with Crippen molar-refractivity contribution >= 4 is 0 Å². The lowest BCUT2D eigenvalue weighted by Crippen LogP contribution is -2.07. The molecule has 0 aromatic carbocycles. The lowest BCUT2D eigenvalue weighted by molar-refractivity contribution is 0.644. The number of nitrogens with zero attached hydrogens (tertiary/aromatic N) is 3. The van der Waals surface area contributed by atoms with Gasteiger partial charge in [-0.2, -0.15) is 5.10 Å². The SMILES string of the molecule is Cc1cccc(Cn2nc(C)c(CN)c2C)n1. The van der Waals surface area contributed by atoms with Crippen LogP contribution in [0.2, 0.25) is 0 Å². The lowest BCUT2D eigenvalue weighted by Gasteiger charge is -2.05. The first kappa shape index (κ1) is 11.8. The molecule has 0 aliphatic heterocycles. The Bertz CT molecular complexity index is 528. The van der Waals surface area contributed by atoms with Crippen molar-refractivity contribution in [2.75, 3.05) is 0 Å². The zero-order valence-electron chi connectivity index (χ0n) is 10.6. The predicted octanol–water partition coefficient (Wildman–Crippen LogP) is 1.71. The third-order valence-electron chi connectivity index (χ3n) is 2.99. The molecular weight excluding hydrogens is 212 g/mol. The summed E-state index contributed by atoms with van der Waals surface area (Å²) in [4.78, 5) is 4.48. The second kappa shape index (κ2) is 4.67. The molecule has 2 heterocycles. The smallest absolute Gasteiger partial charge is 0.0834 e. The molecule has 4 heteroatoms. The highest BCUT2D eigenvalue weighted by Gasteiger charge is 2.10. The lowest BCUT2D eigenvalue weighted by atomic mass is 10.2. The van der Waals surface area contributed by atoms with Gasteiger partial charge in [-0.15, -0.1) is 0 Å². The van der Waals surface area contributed by atoms with E-state index in [0.29, 0.717) is 13.1 Å². The fourth-order valence-corrected chi connectivity index (χ4v) is 2.02. The summed E-state index contributed by atoms with van der Waals surface area (Å²) in [6, 6.07) is 6.04. The molecule has 0 saturated heterocycles. The monoisotopic (exact) mass is 230 g/mol. The minimum atomic E-state index is 0.541. The number of hydrogen-bond donors (Lipinski definition) is 1. The molecule has 0 aliphatic carbocycles. The number of rotatable bonds is 3. The van der Waals surface area contributed by atoms with Gasteiger partial charge in [0.2, 0.25) is 0 Å². The molecule has 0 atom stereocenters. The van der Waals surface area contributed by atoms with Crippen molar-refractivity contribution in [3.05, 3.63) is 46.5 Å². The van der Waals surface area contributed by atoms with Crippen molar-refractivity contribution in [1.82, 2.24) is 14.8 Å². The van der Waals surface area contributed by atoms with E-state index in [1.165, 1.54) is 0 Å². The van der Waals surface area contributed by atoms with Gasteiger partial charge in [0, 0.05) is 23.5 Å². The predicted molar refractivity (Wildman–Crippen MR) is 67.7 cm³/mol. The minimum absolute atomic E-state index is 0.541. The van der Waals surface area contributed by atoms with Crippen molar-refractivity contribution in [3.8, 4) is 0 Å². The first-order valence-electron chi connectivity index (χ1n) is 5.77. The zero-order chi connectivity index (χ0) is 12.4. The summed E-state index contributed by atoms with van der Waals surface area (Å²) in [5.74, 6) is 0. The molecular formula is C13H18N4. The summed E-state index contributed by atoms with van der Waals surface area (Å²) in [6.07, 6.45) is 0. The Morgan fingerprint density at radius 2 is 2.00 bits per heavy atom. The van der Waals surface area contributed by atoms with Gasteiger partial charge in [-0.25, -0.2) is 0 Å². The topological polar surface area (TPSA) is 56.7 Å². The molecule has 90 valence electrons. The molecule has 4 nitrogen and oxygen atoms in total. The fourth-order valence-electron chi connectivity index (χ4n) is 2.02. The van der Waals surface area contributed by atoms with E-state index in [0.717, 1.165) is 28.3 Å². The first-order chi connectivity index (χ1) is 8.11. The third-order valence-corrected chi connectivity index (χ3v) is 2.99. The molecule has 17 heavy (non-hydrogen) atoms. The van der Waals surface area contributed by atoms with Crippen molar-refractivity contribution in [1.29, 1.82) is 0 Å². The van der Waals surface area contributed by atoms with E-state index in [1.807, 2.05) is 36.7 Å². The maximum absolute atomic E-state index is 5.71. The average Bonchev–Trinajstić information content (AvgIpc) is 2.54. The van der Waals surface area contributed by atoms with E-state index in [-0.39, 0.29) is 0 Å². The van der Waals surface area contributed by atoms with Crippen LogP contribution < -0.4 is 5.73 Å². The Labute approximate surface area is 101 Å². The summed E-state index contributed by atoms with van der Waals surface area (Å²) in [6.45, 7) is 7.29. The molecule has 2 aromatic rings. The van der Waals surface area contributed by atoms with Gasteiger partial charge in [0.25, 0.3) is 0 Å². The van der Waals surface area contributed by atoms with Gasteiger partial charge in [0.05, 0.1) is 17.9 Å². The third kappa shape index (κ3) is 2.36. The van der Waals surface area contributed by atoms with E-state index in [1.54, 1.807) is 0 Å². The molecule has 0 bridgehead atoms. The van der Waals surface area contributed by atoms with Gasteiger partial charge in [0.1, 0.15) is 0 Å². The molecule has 0 spiro atoms. The van der Waals surface area contributed by atoms with Crippen LogP contribution in [0.3, 0.4) is 0 Å². The van der Waals surface area contributed by atoms with Gasteiger partial charge in [0.15, 0.2) is 0 Å². The molecule has 0 unspecified atom stereocenters. The van der Waals surface area contributed by atoms with Crippen molar-refractivity contribution in [3.63, 3.8) is 0 Å². The van der Waals surface area contributed by atoms with Gasteiger partial charge in [-0.3, -0.25) is 9.67 Å². The van der Waals surface area contributed by atoms with Gasteiger partial charge < -0.3 is 5.73 Å². The first-order valence-corrected chi connectivity index (χ1v) is 5.77. The van der Waals surface area contributed by atoms with Crippen LogP contribution in [0.15, 0.2) is 18.2 Å². The Kier molecular flexibility index (Phi) is 3.24. The van der Waals surface area contributed by atoms with Crippen molar-refractivity contribution < 1.29 is 0 Å². The largest absolute Gasteiger partial charge is 0.326 e. The Morgan fingerprint density at radius 3 is 2.59 bits per heavy atom. The summed E-state index contributed by atoms with van der Waals surface area (Å²) in [5.41, 5.74) is 11.1. The van der Waals surface area contributed by atoms with Crippen LogP contribution in [0.25, 0.3) is 0 Å². The Morgan fingerprint density at radius 1 is 1.24 bits per heavy atom. The summed E-state index contributed by atoms with van der Waals surface area (Å²) >= 11 is 0. The van der Waals surface area contributed by atoms with Crippen molar-refractivity contribution in [2.45, 2.75) is 33.9 Å². The molecule has 0 aliphatic rings. The second-order valence-corrected chi connectivity index (χ2v) is 4.28. The maximum atomic E-state index is 5.71. The number of aromatic nitrogens is 3. The normalized spacial score (nSPS) is 10.8. The van der Waals surface area contributed by atoms with Gasteiger partial charge in [-0.05, 0) is 32.9 Å². The van der Waals surface area contributed by atoms with E-state index in [2.05, 4.69) is 17.0 Å². The summed E-state index contributed by atoms with van der Waals surface area (Å²) in [5, 5.41) is 4.50. The molecule has 0 saturated carbocycles. The minimum Gasteiger partial charge on any atom is -0.326 e. The van der Waals surface area contributed by atoms with Crippen LogP contribution in [-0.2, 0) is 13.1 Å². The quantitative estimate of drug-likeness (QED) is 0.873. The highest BCUT2D eigenvalue weighted by atomic mass is 15.3. The molecule has 0 amide bonds. The molecule has 2 aromatic heterocycles. The van der Waals surface area contributed by atoms with E-state index in [9.17, 15) is 0 Å². The summed E-state index contributed by atoms with van der Waals surface area (Å²) in [7, 11) is 0. The van der Waals surface area contributed by atoms with Gasteiger partial charge in [-0.1, -0.05) is 6.07 Å². The molecule has 0 radical (unpaired) electrons. The van der Waals surface area contributed by atoms with E-state index >= 15 is 0 Å². The number of hydrogen-bond acceptors (Lipinski definition) is 3.